The van der Waals surface area contributed by atoms with Crippen LogP contribution < -0.4 is 4.90 Å². The predicted octanol–water partition coefficient (Wildman–Crippen LogP) is 5.41. The minimum atomic E-state index is -0.579. The van der Waals surface area contributed by atoms with E-state index in [0.717, 1.165) is 17.3 Å². The molecule has 0 aliphatic rings. The van der Waals surface area contributed by atoms with Gasteiger partial charge in [-0.3, -0.25) is 19.7 Å². The van der Waals surface area contributed by atoms with E-state index in [4.69, 9.17) is 4.74 Å². The Morgan fingerprint density at radius 3 is 2.42 bits per heavy atom. The molecule has 0 atom stereocenters. The van der Waals surface area contributed by atoms with Crippen LogP contribution in [0, 0.1) is 21.4 Å². The molecule has 3 aromatic carbocycles. The second kappa shape index (κ2) is 12.5. The monoisotopic (exact) mass is 485 g/mol. The number of rotatable bonds is 11. The fraction of sp³-hybridized carbons (Fsp3) is 0.192. The molecule has 0 aliphatic carbocycles. The van der Waals surface area contributed by atoms with Gasteiger partial charge >= 0.3 is 5.97 Å². The number of benzene rings is 3. The summed E-state index contributed by atoms with van der Waals surface area (Å²) in [7, 11) is 0. The summed E-state index contributed by atoms with van der Waals surface area (Å²) < 4.78 is 4.97. The molecule has 3 rings (SSSR count). The van der Waals surface area contributed by atoms with Gasteiger partial charge in [0.2, 0.25) is 0 Å². The van der Waals surface area contributed by atoms with Gasteiger partial charge in [-0.25, -0.2) is 0 Å². The first-order valence-electron chi connectivity index (χ1n) is 11.0. The van der Waals surface area contributed by atoms with Crippen molar-refractivity contribution in [3.05, 3.63) is 94.0 Å². The number of nitriles is 1. The van der Waals surface area contributed by atoms with Gasteiger partial charge in [0.05, 0.1) is 22.6 Å². The van der Waals surface area contributed by atoms with Crippen LogP contribution in [0.4, 0.5) is 22.7 Å². The number of nitro groups is 1. The molecule has 0 bridgehead atoms. The molecule has 182 valence electrons. The number of carbonyl (C=O) groups excluding carboxylic acids is 2. The van der Waals surface area contributed by atoms with Gasteiger partial charge in [-0.1, -0.05) is 30.3 Å². The Balaban J connectivity index is 1.75. The van der Waals surface area contributed by atoms with Gasteiger partial charge in [0.25, 0.3) is 5.69 Å². The Kier molecular flexibility index (Phi) is 8.94. The molecule has 0 saturated heterocycles. The number of esters is 1. The minimum Gasteiger partial charge on any atom is -0.458 e. The minimum absolute atomic E-state index is 0.0512. The van der Waals surface area contributed by atoms with Crippen LogP contribution in [0.3, 0.4) is 0 Å². The van der Waals surface area contributed by atoms with Crippen molar-refractivity contribution in [2.75, 3.05) is 18.1 Å². The maximum Gasteiger partial charge on any atom is 0.308 e. The molecule has 36 heavy (non-hydrogen) atoms. The van der Waals surface area contributed by atoms with E-state index in [9.17, 15) is 25.0 Å². The maximum atomic E-state index is 12.0. The number of anilines is 1. The quantitative estimate of drug-likeness (QED) is 0.153. The Morgan fingerprint density at radius 1 is 1.06 bits per heavy atom. The van der Waals surface area contributed by atoms with Crippen LogP contribution in [0.15, 0.2) is 83.0 Å². The molecule has 0 radical (unpaired) electrons. The number of non-ortho nitro benzene ring substituents is 1. The number of hydrogen-bond acceptors (Lipinski definition) is 9. The molecule has 0 aromatic heterocycles. The van der Waals surface area contributed by atoms with E-state index in [2.05, 4.69) is 10.2 Å². The molecule has 10 nitrogen and oxygen atoms in total. The van der Waals surface area contributed by atoms with Crippen molar-refractivity contribution in [2.45, 2.75) is 19.9 Å². The lowest BCUT2D eigenvalue weighted by Gasteiger charge is -2.25. The number of hydrogen-bond donors (Lipinski definition) is 0. The summed E-state index contributed by atoms with van der Waals surface area (Å²) in [4.78, 5) is 35.4. The van der Waals surface area contributed by atoms with Crippen LogP contribution in [0.5, 0.6) is 0 Å². The van der Waals surface area contributed by atoms with Crippen molar-refractivity contribution in [3.63, 3.8) is 0 Å². The van der Waals surface area contributed by atoms with Gasteiger partial charge < -0.3 is 9.64 Å². The number of azo groups is 1. The van der Waals surface area contributed by atoms with Gasteiger partial charge in [0, 0.05) is 30.9 Å². The Labute approximate surface area is 207 Å². The average Bonchev–Trinajstić information content (AvgIpc) is 2.89. The van der Waals surface area contributed by atoms with E-state index in [1.54, 1.807) is 12.1 Å². The van der Waals surface area contributed by atoms with Gasteiger partial charge in [-0.2, -0.15) is 10.4 Å². The van der Waals surface area contributed by atoms with Crippen molar-refractivity contribution in [3.8, 4) is 6.07 Å². The highest BCUT2D eigenvalue weighted by atomic mass is 16.6. The van der Waals surface area contributed by atoms with Crippen LogP contribution in [0.2, 0.25) is 0 Å². The fourth-order valence-electron chi connectivity index (χ4n) is 3.24. The van der Waals surface area contributed by atoms with Crippen LogP contribution in [0.1, 0.15) is 24.5 Å². The molecular weight excluding hydrogens is 462 g/mol. The summed E-state index contributed by atoms with van der Waals surface area (Å²) >= 11 is 0. The van der Waals surface area contributed by atoms with Gasteiger partial charge in [0.1, 0.15) is 18.4 Å². The average molecular weight is 486 g/mol. The smallest absolute Gasteiger partial charge is 0.308 e. The normalized spacial score (nSPS) is 10.6. The lowest BCUT2D eigenvalue weighted by molar-refractivity contribution is -0.384. The molecule has 0 amide bonds. The molecule has 10 heteroatoms. The van der Waals surface area contributed by atoms with Crippen LogP contribution in [-0.2, 0) is 20.9 Å². The largest absolute Gasteiger partial charge is 0.458 e. The number of carbonyl (C=O) groups is 2. The van der Waals surface area contributed by atoms with Crippen LogP contribution >= 0.6 is 0 Å². The first-order valence-corrected chi connectivity index (χ1v) is 11.0. The highest BCUT2D eigenvalue weighted by Gasteiger charge is 2.13. The van der Waals surface area contributed by atoms with E-state index in [1.807, 2.05) is 53.4 Å². The van der Waals surface area contributed by atoms with Crippen LogP contribution in [-0.4, -0.2) is 29.8 Å². The summed E-state index contributed by atoms with van der Waals surface area (Å²) in [6, 6.07) is 22.6. The zero-order valence-electron chi connectivity index (χ0n) is 19.5. The summed E-state index contributed by atoms with van der Waals surface area (Å²) in [6.07, 6.45) is 0.110. The second-order valence-electron chi connectivity index (χ2n) is 7.81. The van der Waals surface area contributed by atoms with E-state index >= 15 is 0 Å². The van der Waals surface area contributed by atoms with Crippen molar-refractivity contribution in [1.29, 1.82) is 5.26 Å². The Hall–Kier alpha value is -4.91. The topological polar surface area (TPSA) is 138 Å². The fourth-order valence-corrected chi connectivity index (χ4v) is 3.24. The maximum absolute atomic E-state index is 12.0. The SMILES string of the molecule is CC(=O)COC(=O)CCN(Cc1ccccc1)c1ccc(/N=N/c2ccc([N+](=O)[O-])cc2C#N)cc1. The van der Waals surface area contributed by atoms with E-state index < -0.39 is 10.9 Å². The Morgan fingerprint density at radius 2 is 1.78 bits per heavy atom. The van der Waals surface area contributed by atoms with Crippen molar-refractivity contribution >= 4 is 34.5 Å². The van der Waals surface area contributed by atoms with Crippen molar-refractivity contribution < 1.29 is 19.2 Å². The van der Waals surface area contributed by atoms with E-state index in [-0.39, 0.29) is 35.7 Å². The highest BCUT2D eigenvalue weighted by molar-refractivity contribution is 5.80. The standard InChI is InChI=1S/C26H23N5O5/c1-19(32)18-36-26(33)13-14-30(17-20-5-3-2-4-6-20)23-9-7-22(8-10-23)28-29-25-12-11-24(31(34)35)15-21(25)16-27/h2-12,15H,13-14,17-18H2,1H3/b29-28+. The zero-order chi connectivity index (χ0) is 25.9. The lowest BCUT2D eigenvalue weighted by Crippen LogP contribution is -2.26. The molecule has 0 aliphatic heterocycles. The lowest BCUT2D eigenvalue weighted by atomic mass is 10.2. The molecular formula is C26H23N5O5. The summed E-state index contributed by atoms with van der Waals surface area (Å²) in [5.41, 5.74) is 2.49. The first-order chi connectivity index (χ1) is 17.4. The number of nitrogens with zero attached hydrogens (tertiary/aromatic N) is 5. The van der Waals surface area contributed by atoms with Gasteiger partial charge in [-0.05, 0) is 42.8 Å². The first kappa shape index (κ1) is 25.7. The van der Waals surface area contributed by atoms with Crippen molar-refractivity contribution in [1.82, 2.24) is 0 Å². The van der Waals surface area contributed by atoms with E-state index in [0.29, 0.717) is 18.8 Å². The second-order valence-corrected chi connectivity index (χ2v) is 7.81. The number of nitro benzene ring substituents is 1. The third kappa shape index (κ3) is 7.56. The zero-order valence-corrected chi connectivity index (χ0v) is 19.5. The molecule has 0 N–H and O–H groups in total. The number of Topliss-reactive ketones (excluding diaryl/α,β-unsaturated/α-hetero) is 1. The summed E-state index contributed by atoms with van der Waals surface area (Å²) in [6.45, 7) is 2.05. The molecule has 3 aromatic rings. The molecule has 0 unspecified atom stereocenters. The molecule has 0 heterocycles. The predicted molar refractivity (Wildman–Crippen MR) is 132 cm³/mol. The van der Waals surface area contributed by atoms with E-state index in [1.165, 1.54) is 19.1 Å². The van der Waals surface area contributed by atoms with Gasteiger partial charge in [0.15, 0.2) is 5.78 Å². The molecule has 0 saturated carbocycles. The van der Waals surface area contributed by atoms with Crippen LogP contribution in [0.25, 0.3) is 0 Å². The number of ketones is 1. The molecule has 0 spiro atoms. The summed E-state index contributed by atoms with van der Waals surface area (Å²) in [5.74, 6) is -0.671. The highest BCUT2D eigenvalue weighted by Crippen LogP contribution is 2.27. The third-order valence-corrected chi connectivity index (χ3v) is 5.04. The third-order valence-electron chi connectivity index (χ3n) is 5.04. The van der Waals surface area contributed by atoms with Crippen molar-refractivity contribution in [2.24, 2.45) is 10.2 Å². The number of ether oxygens (including phenoxy) is 1. The Bertz CT molecular complexity index is 1300. The summed E-state index contributed by atoms with van der Waals surface area (Å²) in [5, 5.41) is 28.4. The molecule has 0 fully saturated rings. The van der Waals surface area contributed by atoms with Gasteiger partial charge in [-0.15, -0.1) is 5.11 Å².